The predicted molar refractivity (Wildman–Crippen MR) is 82.6 cm³/mol. The summed E-state index contributed by atoms with van der Waals surface area (Å²) in [6.45, 7) is 5.20. The summed E-state index contributed by atoms with van der Waals surface area (Å²) in [6.07, 6.45) is 4.19. The zero-order valence-corrected chi connectivity index (χ0v) is 12.8. The highest BCUT2D eigenvalue weighted by molar-refractivity contribution is 6.30. The van der Waals surface area contributed by atoms with Gasteiger partial charge in [0.1, 0.15) is 5.82 Å². The second kappa shape index (κ2) is 6.58. The largest absolute Gasteiger partial charge is 0.369 e. The maximum absolute atomic E-state index is 11.5. The fourth-order valence-corrected chi connectivity index (χ4v) is 2.09. The zero-order chi connectivity index (χ0) is 15.4. The third kappa shape index (κ3) is 3.95. The van der Waals surface area contributed by atoms with Gasteiger partial charge in [-0.2, -0.15) is 5.10 Å². The summed E-state index contributed by atoms with van der Waals surface area (Å²) in [6, 6.07) is 1.76. The molecule has 21 heavy (non-hydrogen) atoms. The van der Waals surface area contributed by atoms with E-state index in [9.17, 15) is 4.79 Å². The van der Waals surface area contributed by atoms with E-state index in [0.29, 0.717) is 22.9 Å². The number of anilines is 1. The lowest BCUT2D eigenvalue weighted by Crippen LogP contribution is -2.17. The fourth-order valence-electron chi connectivity index (χ4n) is 1.94. The fraction of sp³-hybridized carbons (Fsp3) is 0.357. The molecule has 0 spiro atoms. The van der Waals surface area contributed by atoms with Crippen molar-refractivity contribution in [2.75, 3.05) is 11.9 Å². The smallest absolute Gasteiger partial charge is 0.252 e. The van der Waals surface area contributed by atoms with Gasteiger partial charge < -0.3 is 11.1 Å². The molecule has 0 aliphatic rings. The van der Waals surface area contributed by atoms with Gasteiger partial charge >= 0.3 is 0 Å². The molecule has 2 aromatic heterocycles. The van der Waals surface area contributed by atoms with Crippen LogP contribution in [0.3, 0.4) is 0 Å². The van der Waals surface area contributed by atoms with Gasteiger partial charge in [0.05, 0.1) is 16.8 Å². The molecule has 0 aliphatic carbocycles. The second-order valence-electron chi connectivity index (χ2n) is 4.85. The van der Waals surface area contributed by atoms with Crippen LogP contribution in [-0.2, 0) is 6.54 Å². The van der Waals surface area contributed by atoms with Gasteiger partial charge in [0.25, 0.3) is 5.91 Å². The minimum atomic E-state index is -0.480. The molecule has 0 saturated heterocycles. The van der Waals surface area contributed by atoms with Crippen molar-refractivity contribution in [3.05, 3.63) is 40.3 Å². The standard InChI is InChI=1S/C14H18ClN5O/c1-9-6-12(13(16)21)14(19-10(9)2)17-4-3-5-20-8-11(15)7-18-20/h6-8H,3-5H2,1-2H3,(H2,16,21)(H,17,19). The number of pyridine rings is 1. The molecule has 0 aromatic carbocycles. The van der Waals surface area contributed by atoms with Crippen LogP contribution < -0.4 is 11.1 Å². The van der Waals surface area contributed by atoms with Crippen molar-refractivity contribution in [1.82, 2.24) is 14.8 Å². The van der Waals surface area contributed by atoms with E-state index in [2.05, 4.69) is 15.4 Å². The number of aromatic nitrogens is 3. The average Bonchev–Trinajstić information content (AvgIpc) is 2.83. The van der Waals surface area contributed by atoms with Crippen molar-refractivity contribution in [3.63, 3.8) is 0 Å². The maximum Gasteiger partial charge on any atom is 0.252 e. The van der Waals surface area contributed by atoms with Crippen molar-refractivity contribution in [2.45, 2.75) is 26.8 Å². The first-order chi connectivity index (χ1) is 9.97. The minimum Gasteiger partial charge on any atom is -0.369 e. The molecule has 0 fully saturated rings. The number of nitrogens with zero attached hydrogens (tertiary/aromatic N) is 3. The highest BCUT2D eigenvalue weighted by atomic mass is 35.5. The molecule has 0 radical (unpaired) electrons. The number of carbonyl (C=O) groups excluding carboxylic acids is 1. The summed E-state index contributed by atoms with van der Waals surface area (Å²) in [5.41, 5.74) is 7.62. The van der Waals surface area contributed by atoms with Crippen molar-refractivity contribution >= 4 is 23.3 Å². The Balaban J connectivity index is 1.96. The lowest BCUT2D eigenvalue weighted by molar-refractivity contribution is 0.100. The van der Waals surface area contributed by atoms with Crippen LogP contribution in [0.25, 0.3) is 0 Å². The van der Waals surface area contributed by atoms with Crippen LogP contribution in [0.2, 0.25) is 5.02 Å². The van der Waals surface area contributed by atoms with Crippen LogP contribution in [0.5, 0.6) is 0 Å². The third-order valence-corrected chi connectivity index (χ3v) is 3.38. The Morgan fingerprint density at radius 3 is 2.86 bits per heavy atom. The predicted octanol–water partition coefficient (Wildman–Crippen LogP) is 2.15. The van der Waals surface area contributed by atoms with Gasteiger partial charge in [-0.1, -0.05) is 11.6 Å². The third-order valence-electron chi connectivity index (χ3n) is 3.19. The molecule has 0 bridgehead atoms. The molecule has 2 heterocycles. The molecule has 0 saturated carbocycles. The molecule has 0 unspecified atom stereocenters. The lowest BCUT2D eigenvalue weighted by Gasteiger charge is -2.11. The number of halogens is 1. The van der Waals surface area contributed by atoms with Crippen LogP contribution in [0.1, 0.15) is 28.0 Å². The minimum absolute atomic E-state index is 0.417. The van der Waals surface area contributed by atoms with Crippen molar-refractivity contribution in [1.29, 1.82) is 0 Å². The summed E-state index contributed by atoms with van der Waals surface area (Å²) in [7, 11) is 0. The van der Waals surface area contributed by atoms with E-state index in [1.54, 1.807) is 23.1 Å². The van der Waals surface area contributed by atoms with Gasteiger partial charge in [-0.05, 0) is 31.9 Å². The Bertz CT molecular complexity index is 653. The number of nitrogens with one attached hydrogen (secondary N) is 1. The number of carbonyl (C=O) groups is 1. The van der Waals surface area contributed by atoms with Crippen molar-refractivity contribution in [2.24, 2.45) is 5.73 Å². The number of amides is 1. The summed E-state index contributed by atoms with van der Waals surface area (Å²) in [4.78, 5) is 15.8. The number of primary amides is 1. The molecule has 0 aliphatic heterocycles. The molecule has 112 valence electrons. The summed E-state index contributed by atoms with van der Waals surface area (Å²) in [5, 5.41) is 7.87. The van der Waals surface area contributed by atoms with Crippen LogP contribution in [0, 0.1) is 13.8 Å². The van der Waals surface area contributed by atoms with Crippen molar-refractivity contribution < 1.29 is 4.79 Å². The van der Waals surface area contributed by atoms with Crippen LogP contribution in [0.15, 0.2) is 18.5 Å². The number of nitrogens with two attached hydrogens (primary N) is 1. The van der Waals surface area contributed by atoms with Gasteiger partial charge in [-0.3, -0.25) is 9.48 Å². The molecule has 2 rings (SSSR count). The Hall–Kier alpha value is -2.08. The first-order valence-electron chi connectivity index (χ1n) is 6.67. The SMILES string of the molecule is Cc1cc(C(N)=O)c(NCCCn2cc(Cl)cn2)nc1C. The molecule has 0 atom stereocenters. The maximum atomic E-state index is 11.5. The van der Waals surface area contributed by atoms with E-state index < -0.39 is 5.91 Å². The summed E-state index contributed by atoms with van der Waals surface area (Å²) >= 11 is 5.80. The van der Waals surface area contributed by atoms with E-state index in [4.69, 9.17) is 17.3 Å². The molecular formula is C14H18ClN5O. The zero-order valence-electron chi connectivity index (χ0n) is 12.1. The Morgan fingerprint density at radius 1 is 1.48 bits per heavy atom. The molecule has 7 heteroatoms. The number of hydrogen-bond acceptors (Lipinski definition) is 4. The van der Waals surface area contributed by atoms with Crippen molar-refractivity contribution in [3.8, 4) is 0 Å². The van der Waals surface area contributed by atoms with Crippen LogP contribution in [0.4, 0.5) is 5.82 Å². The molecular weight excluding hydrogens is 290 g/mol. The van der Waals surface area contributed by atoms with E-state index in [1.807, 2.05) is 13.8 Å². The topological polar surface area (TPSA) is 85.8 Å². The molecule has 3 N–H and O–H groups in total. The molecule has 6 nitrogen and oxygen atoms in total. The number of aryl methyl sites for hydroxylation is 3. The highest BCUT2D eigenvalue weighted by Gasteiger charge is 2.11. The molecule has 1 amide bonds. The second-order valence-corrected chi connectivity index (χ2v) is 5.29. The Kier molecular flexibility index (Phi) is 4.80. The highest BCUT2D eigenvalue weighted by Crippen LogP contribution is 2.16. The van der Waals surface area contributed by atoms with E-state index >= 15 is 0 Å². The first-order valence-corrected chi connectivity index (χ1v) is 7.05. The van der Waals surface area contributed by atoms with Crippen LogP contribution in [-0.4, -0.2) is 27.2 Å². The average molecular weight is 308 g/mol. The lowest BCUT2D eigenvalue weighted by atomic mass is 10.1. The van der Waals surface area contributed by atoms with E-state index in [0.717, 1.165) is 24.2 Å². The Labute approximate surface area is 128 Å². The van der Waals surface area contributed by atoms with Gasteiger partial charge in [0, 0.05) is 25.0 Å². The first kappa shape index (κ1) is 15.3. The van der Waals surface area contributed by atoms with Gasteiger partial charge in [-0.25, -0.2) is 4.98 Å². The van der Waals surface area contributed by atoms with Gasteiger partial charge in [0.2, 0.25) is 0 Å². The molecule has 2 aromatic rings. The monoisotopic (exact) mass is 307 g/mol. The summed E-state index contributed by atoms with van der Waals surface area (Å²) < 4.78 is 1.77. The van der Waals surface area contributed by atoms with Gasteiger partial charge in [0.15, 0.2) is 0 Å². The normalized spacial score (nSPS) is 10.6. The van der Waals surface area contributed by atoms with Crippen LogP contribution >= 0.6 is 11.6 Å². The Morgan fingerprint density at radius 2 is 2.24 bits per heavy atom. The van der Waals surface area contributed by atoms with E-state index in [1.165, 1.54) is 0 Å². The van der Waals surface area contributed by atoms with E-state index in [-0.39, 0.29) is 0 Å². The number of rotatable bonds is 6. The quantitative estimate of drug-likeness (QED) is 0.801. The summed E-state index contributed by atoms with van der Waals surface area (Å²) in [5.74, 6) is 0.0519. The number of hydrogen-bond donors (Lipinski definition) is 2. The van der Waals surface area contributed by atoms with Gasteiger partial charge in [-0.15, -0.1) is 0 Å².